The number of thiol groups is 1. The third-order valence-electron chi connectivity index (χ3n) is 7.56. The molecular weight excluding hydrogens is 735 g/mol. The summed E-state index contributed by atoms with van der Waals surface area (Å²) < 4.78 is 50.8. The van der Waals surface area contributed by atoms with Crippen LogP contribution in [0.1, 0.15) is 12.5 Å². The fourth-order valence-electron chi connectivity index (χ4n) is 5.45. The molecule has 3 aliphatic heterocycles. The van der Waals surface area contributed by atoms with E-state index in [1.807, 2.05) is 0 Å². The number of hydrogen-bond acceptors (Lipinski definition) is 15. The fraction of sp³-hybridized carbons (Fsp3) is 0.455. The monoisotopic (exact) mass is 757 g/mol. The van der Waals surface area contributed by atoms with Crippen LogP contribution < -0.4 is 11.3 Å². The van der Waals surface area contributed by atoms with Crippen molar-refractivity contribution in [2.45, 2.75) is 49.1 Å². The first-order valence-electron chi connectivity index (χ1n) is 13.2. The number of hydrogen-bond donors (Lipinski definition) is 6. The van der Waals surface area contributed by atoms with Gasteiger partial charge in [-0.3, -0.25) is 27.9 Å². The van der Waals surface area contributed by atoms with Crippen molar-refractivity contribution in [2.75, 3.05) is 18.9 Å². The number of anilines is 1. The van der Waals surface area contributed by atoms with Crippen LogP contribution in [0.4, 0.5) is 5.95 Å². The van der Waals surface area contributed by atoms with E-state index in [1.165, 1.54) is 33.9 Å². The molecule has 3 aliphatic rings. The number of nitrogen functional groups attached to an aromatic ring is 1. The average molecular weight is 758 g/mol. The van der Waals surface area contributed by atoms with Gasteiger partial charge in [-0.15, -0.1) is 0 Å². The summed E-state index contributed by atoms with van der Waals surface area (Å²) in [6.45, 7) is -9.69. The summed E-state index contributed by atoms with van der Waals surface area (Å²) in [6.07, 6.45) is -8.40. The number of ether oxygens (including phenoxy) is 2. The predicted octanol–water partition coefficient (Wildman–Crippen LogP) is 1.65. The van der Waals surface area contributed by atoms with Crippen molar-refractivity contribution in [1.82, 2.24) is 29.1 Å². The highest BCUT2D eigenvalue weighted by atomic mass is 35.5. The maximum absolute atomic E-state index is 13.5. The Hall–Kier alpha value is -1.71. The van der Waals surface area contributed by atoms with Gasteiger partial charge in [-0.05, 0) is 23.9 Å². The number of halogens is 2. The summed E-state index contributed by atoms with van der Waals surface area (Å²) in [7, 11) is 0. The molecule has 248 valence electrons. The molecule has 1 aromatic carbocycles. The molecule has 3 aromatic heterocycles. The van der Waals surface area contributed by atoms with Crippen LogP contribution in [0.3, 0.4) is 0 Å². The average Bonchev–Trinajstić information content (AvgIpc) is 3.72. The predicted molar refractivity (Wildman–Crippen MR) is 167 cm³/mol. The van der Waals surface area contributed by atoms with Gasteiger partial charge in [-0.25, -0.2) is 14.5 Å². The van der Waals surface area contributed by atoms with Crippen molar-refractivity contribution in [3.8, 4) is 0 Å². The Labute approximate surface area is 277 Å². The zero-order valence-electron chi connectivity index (χ0n) is 22.8. The van der Waals surface area contributed by atoms with Crippen LogP contribution >= 0.6 is 49.0 Å². The summed E-state index contributed by atoms with van der Waals surface area (Å²) >= 11 is 21.7. The molecule has 10 atom stereocenters. The second-order valence-corrected chi connectivity index (χ2v) is 16.9. The highest BCUT2D eigenvalue weighted by molar-refractivity contribution is 8.44. The number of H-pyrrole nitrogens is 1. The minimum absolute atomic E-state index is 0.0347. The quantitative estimate of drug-likeness (QED) is 0.126. The van der Waals surface area contributed by atoms with Crippen LogP contribution in [0.2, 0.25) is 10.0 Å². The van der Waals surface area contributed by atoms with E-state index in [1.54, 1.807) is 0 Å². The number of aromatic amines is 1. The number of nitrogens with zero attached hydrogens (tertiary/aromatic N) is 5. The van der Waals surface area contributed by atoms with Gasteiger partial charge in [-0.2, -0.15) is 4.98 Å². The number of aromatic nitrogens is 6. The van der Waals surface area contributed by atoms with Crippen molar-refractivity contribution < 1.29 is 47.2 Å². The van der Waals surface area contributed by atoms with Crippen LogP contribution in [-0.4, -0.2) is 94.0 Å². The van der Waals surface area contributed by atoms with Gasteiger partial charge in [0, 0.05) is 0 Å². The molecule has 7 rings (SSSR count). The molecule has 0 amide bonds. The Kier molecular flexibility index (Phi) is 8.57. The first-order chi connectivity index (χ1) is 21.7. The van der Waals surface area contributed by atoms with Gasteiger partial charge in [-0.1, -0.05) is 35.5 Å². The second-order valence-electron chi connectivity index (χ2n) is 10.5. The van der Waals surface area contributed by atoms with Gasteiger partial charge in [0.1, 0.15) is 36.6 Å². The standard InChI is InChI=1S/C22H23Cl2N7O11P2S2/c23-7-1-9-10(2-8(7)24)30(5-26-9)20-16-14(32)11(39-20)3-37-44(36,46)42-17-15(33)12(4-38-43(35,45)41-16)40-21(17)31-6-27-13-18(31)28-22(25)29-19(13)34/h1-2,5-6,11-12,14-17,20-21,32-33H,3-4H2,(H,35,45)(H,36,46)(H3,25,28,29,34)/t11-,12-,14+,15?,16?,17+,20-,21-,43?,44?/m1/s1. The molecule has 4 unspecified atom stereocenters. The Balaban J connectivity index is 1.22. The van der Waals surface area contributed by atoms with Gasteiger partial charge in [0.2, 0.25) is 5.95 Å². The van der Waals surface area contributed by atoms with Gasteiger partial charge in [0.25, 0.3) is 5.56 Å². The lowest BCUT2D eigenvalue weighted by Gasteiger charge is -2.27. The van der Waals surface area contributed by atoms with Crippen LogP contribution in [0.5, 0.6) is 0 Å². The third kappa shape index (κ3) is 5.93. The number of nitrogens with one attached hydrogen (secondary N) is 1. The van der Waals surface area contributed by atoms with Crippen molar-refractivity contribution in [2.24, 2.45) is 0 Å². The minimum Gasteiger partial charge on any atom is -0.387 e. The smallest absolute Gasteiger partial charge is 0.386 e. The van der Waals surface area contributed by atoms with Gasteiger partial charge in [0.05, 0.1) is 46.9 Å². The molecule has 18 nitrogen and oxygen atoms in total. The summed E-state index contributed by atoms with van der Waals surface area (Å²) in [5, 5.41) is 22.9. The van der Waals surface area contributed by atoms with E-state index in [0.29, 0.717) is 11.0 Å². The topological polar surface area (TPSA) is 241 Å². The number of fused-ring (bicyclic) bond motifs is 6. The summed E-state index contributed by atoms with van der Waals surface area (Å²) in [5.41, 5.74) is 5.82. The highest BCUT2D eigenvalue weighted by Gasteiger charge is 2.52. The van der Waals surface area contributed by atoms with Crippen molar-refractivity contribution in [1.29, 1.82) is 0 Å². The maximum Gasteiger partial charge on any atom is 0.386 e. The maximum atomic E-state index is 13.5. The second kappa shape index (κ2) is 12.0. The van der Waals surface area contributed by atoms with E-state index >= 15 is 0 Å². The number of imidazole rings is 2. The van der Waals surface area contributed by atoms with Crippen molar-refractivity contribution in [3.63, 3.8) is 0 Å². The summed E-state index contributed by atoms with van der Waals surface area (Å²) in [5.74, 6) is -0.225. The lowest BCUT2D eigenvalue weighted by molar-refractivity contribution is -0.0599. The molecule has 4 aromatic rings. The molecule has 4 bridgehead atoms. The zero-order chi connectivity index (χ0) is 32.7. The number of aliphatic hydroxyl groups excluding tert-OH is 2. The molecule has 0 saturated carbocycles. The third-order valence-corrected chi connectivity index (χ3v) is 11.5. The number of benzene rings is 1. The molecule has 46 heavy (non-hydrogen) atoms. The molecule has 3 saturated heterocycles. The molecule has 3 fully saturated rings. The molecule has 6 heterocycles. The molecule has 24 heteroatoms. The Bertz CT molecular complexity index is 2000. The van der Waals surface area contributed by atoms with E-state index in [4.69, 9.17) is 68.3 Å². The zero-order valence-corrected chi connectivity index (χ0v) is 27.8. The molecule has 6 N–H and O–H groups in total. The van der Waals surface area contributed by atoms with E-state index in [2.05, 4.69) is 32.2 Å². The Morgan fingerprint density at radius 3 is 2.33 bits per heavy atom. The molecular formula is C22H23Cl2N7O11P2S2. The SMILES string of the molecule is Nc1nc2c(ncn2[C@@H]2O[C@@H]3COP(O)(=S)OC4[C@@H](O)[C@@H](COP(=O)(S)O[C@H]2C3O)O[C@H]4n2cnc3cc(Cl)c(Cl)cc32)c(=O)[nH]1. The molecule has 0 spiro atoms. The largest absolute Gasteiger partial charge is 0.387 e. The van der Waals surface area contributed by atoms with Crippen molar-refractivity contribution in [3.05, 3.63) is 45.2 Å². The molecule has 0 aliphatic carbocycles. The number of nitrogens with two attached hydrogens (primary N) is 1. The first-order valence-corrected chi connectivity index (χ1v) is 19.3. The number of aliphatic hydroxyl groups is 2. The Morgan fingerprint density at radius 2 is 1.61 bits per heavy atom. The van der Waals surface area contributed by atoms with E-state index in [9.17, 15) is 24.5 Å². The lowest BCUT2D eigenvalue weighted by Crippen LogP contribution is -2.37. The minimum atomic E-state index is -4.36. The summed E-state index contributed by atoms with van der Waals surface area (Å²) in [6, 6.07) is 3.06. The fourth-order valence-corrected chi connectivity index (χ4v) is 8.63. The normalized spacial score (nSPS) is 37.2. The van der Waals surface area contributed by atoms with Gasteiger partial charge >= 0.3 is 13.5 Å². The first kappa shape index (κ1) is 32.8. The Morgan fingerprint density at radius 1 is 1.00 bits per heavy atom. The number of rotatable bonds is 2. The van der Waals surface area contributed by atoms with Crippen LogP contribution in [0.15, 0.2) is 29.6 Å². The van der Waals surface area contributed by atoms with E-state index < -0.39 is 81.4 Å². The summed E-state index contributed by atoms with van der Waals surface area (Å²) in [4.78, 5) is 38.2. The van der Waals surface area contributed by atoms with Crippen LogP contribution in [0.25, 0.3) is 22.2 Å². The molecule has 0 radical (unpaired) electrons. The van der Waals surface area contributed by atoms with E-state index in [-0.39, 0.29) is 27.2 Å². The van der Waals surface area contributed by atoms with Crippen LogP contribution in [-0.2, 0) is 43.9 Å². The van der Waals surface area contributed by atoms with E-state index in [0.717, 1.165) is 0 Å². The highest BCUT2D eigenvalue weighted by Crippen LogP contribution is 2.58. The lowest BCUT2D eigenvalue weighted by atomic mass is 10.1. The van der Waals surface area contributed by atoms with Gasteiger partial charge in [0.15, 0.2) is 23.6 Å². The van der Waals surface area contributed by atoms with Crippen LogP contribution in [0, 0.1) is 0 Å². The van der Waals surface area contributed by atoms with Crippen molar-refractivity contribution >= 4 is 88.9 Å². The van der Waals surface area contributed by atoms with Gasteiger partial charge < -0.3 is 39.4 Å².